The molecule has 6 rings (SSSR count). The van der Waals surface area contributed by atoms with Crippen molar-refractivity contribution in [1.82, 2.24) is 0 Å². The van der Waals surface area contributed by atoms with Crippen LogP contribution in [0.4, 0.5) is 0 Å². The van der Waals surface area contributed by atoms with E-state index >= 15 is 0 Å². The number of halogens is 3. The molecule has 226 valence electrons. The molecule has 1 aliphatic carbocycles. The number of ether oxygens (including phenoxy) is 4. The molecule has 0 amide bonds. The van der Waals surface area contributed by atoms with Crippen LogP contribution in [0, 0.1) is 5.92 Å². The molecule has 0 spiro atoms. The fraction of sp³-hybridized carbons (Fsp3) is 0.250. The van der Waals surface area contributed by atoms with Crippen molar-refractivity contribution < 1.29 is 23.7 Å². The van der Waals surface area contributed by atoms with Crippen molar-refractivity contribution in [2.75, 3.05) is 0 Å². The second kappa shape index (κ2) is 14.2. The Morgan fingerprint density at radius 2 is 1.16 bits per heavy atom. The fourth-order valence-electron chi connectivity index (χ4n) is 5.59. The number of carbonyl (C=O) groups is 1. The Bertz CT molecular complexity index is 1590. The number of hydrogen-bond acceptors (Lipinski definition) is 5. The number of fused-ring (bicyclic) bond motifs is 1. The zero-order chi connectivity index (χ0) is 30.5. The molecule has 1 aliphatic heterocycles. The lowest BCUT2D eigenvalue weighted by molar-refractivity contribution is -0.151. The van der Waals surface area contributed by atoms with E-state index in [1.807, 2.05) is 97.1 Å². The Morgan fingerprint density at radius 1 is 0.636 bits per heavy atom. The van der Waals surface area contributed by atoms with Crippen LogP contribution in [0.2, 0.25) is 15.1 Å². The standard InChI is InChI=1S/C36H31Cl3O5/c37-27-9-1-23(2-10-27)19-41-30-15-7-26(8-16-30)32-22-44-34-18-31(42-20-24-3-11-28(38)12-4-24)17-33(35(34)36(32)40)43-21-25-5-13-29(39)14-6-25/h1-16,22,31,33-35H,17-21H2. The Kier molecular flexibility index (Phi) is 9.90. The van der Waals surface area contributed by atoms with Crippen molar-refractivity contribution in [1.29, 1.82) is 0 Å². The van der Waals surface area contributed by atoms with Gasteiger partial charge in [-0.25, -0.2) is 0 Å². The summed E-state index contributed by atoms with van der Waals surface area (Å²) in [5.41, 5.74) is 4.31. The van der Waals surface area contributed by atoms with E-state index in [1.165, 1.54) is 0 Å². The maximum absolute atomic E-state index is 14.0. The lowest BCUT2D eigenvalue weighted by Crippen LogP contribution is -2.50. The average Bonchev–Trinajstić information content (AvgIpc) is 3.04. The van der Waals surface area contributed by atoms with Crippen molar-refractivity contribution in [2.24, 2.45) is 5.92 Å². The summed E-state index contributed by atoms with van der Waals surface area (Å²) in [5.74, 6) is 0.251. The van der Waals surface area contributed by atoms with Gasteiger partial charge in [0.2, 0.25) is 0 Å². The Morgan fingerprint density at radius 3 is 1.73 bits per heavy atom. The second-order valence-electron chi connectivity index (χ2n) is 11.0. The first kappa shape index (κ1) is 30.7. The molecule has 4 atom stereocenters. The molecule has 1 saturated carbocycles. The van der Waals surface area contributed by atoms with Gasteiger partial charge in [0.05, 0.1) is 43.2 Å². The highest BCUT2D eigenvalue weighted by Gasteiger charge is 2.47. The molecule has 1 heterocycles. The molecule has 2 aliphatic rings. The molecule has 5 nitrogen and oxygen atoms in total. The molecule has 8 heteroatoms. The summed E-state index contributed by atoms with van der Waals surface area (Å²) in [6, 6.07) is 30.2. The molecule has 0 bridgehead atoms. The van der Waals surface area contributed by atoms with Gasteiger partial charge in [-0.1, -0.05) is 83.3 Å². The lowest BCUT2D eigenvalue weighted by atomic mass is 9.75. The Balaban J connectivity index is 1.15. The molecular weight excluding hydrogens is 619 g/mol. The van der Waals surface area contributed by atoms with Crippen molar-refractivity contribution in [3.05, 3.63) is 141 Å². The molecule has 0 N–H and O–H groups in total. The minimum absolute atomic E-state index is 0.00772. The molecule has 0 saturated heterocycles. The number of ketones is 1. The van der Waals surface area contributed by atoms with Crippen LogP contribution in [0.3, 0.4) is 0 Å². The van der Waals surface area contributed by atoms with Crippen LogP contribution in [0.15, 0.2) is 103 Å². The quantitative estimate of drug-likeness (QED) is 0.172. The summed E-state index contributed by atoms with van der Waals surface area (Å²) < 4.78 is 24.9. The first-order valence-corrected chi connectivity index (χ1v) is 15.6. The van der Waals surface area contributed by atoms with Gasteiger partial charge in [-0.2, -0.15) is 0 Å². The molecule has 4 unspecified atom stereocenters. The third kappa shape index (κ3) is 7.66. The van der Waals surface area contributed by atoms with E-state index in [-0.39, 0.29) is 18.0 Å². The van der Waals surface area contributed by atoms with Crippen molar-refractivity contribution in [3.8, 4) is 5.75 Å². The molecule has 0 aromatic heterocycles. The predicted octanol–water partition coefficient (Wildman–Crippen LogP) is 9.12. The third-order valence-corrected chi connectivity index (χ3v) is 8.74. The smallest absolute Gasteiger partial charge is 0.175 e. The highest BCUT2D eigenvalue weighted by atomic mass is 35.5. The van der Waals surface area contributed by atoms with Gasteiger partial charge in [0.25, 0.3) is 0 Å². The third-order valence-electron chi connectivity index (χ3n) is 7.98. The van der Waals surface area contributed by atoms with Crippen LogP contribution in [-0.2, 0) is 38.8 Å². The van der Waals surface area contributed by atoms with Crippen LogP contribution in [-0.4, -0.2) is 24.1 Å². The minimum Gasteiger partial charge on any atom is -0.496 e. The number of rotatable bonds is 10. The molecule has 4 aromatic rings. The van der Waals surface area contributed by atoms with E-state index in [0.29, 0.717) is 59.1 Å². The number of carbonyl (C=O) groups excluding carboxylic acids is 1. The number of benzene rings is 4. The maximum Gasteiger partial charge on any atom is 0.175 e. The van der Waals surface area contributed by atoms with Crippen LogP contribution in [0.25, 0.3) is 5.57 Å². The van der Waals surface area contributed by atoms with Crippen molar-refractivity contribution in [3.63, 3.8) is 0 Å². The monoisotopic (exact) mass is 648 g/mol. The molecule has 0 radical (unpaired) electrons. The summed E-state index contributed by atoms with van der Waals surface area (Å²) in [5, 5.41) is 2.03. The van der Waals surface area contributed by atoms with E-state index in [9.17, 15) is 4.79 Å². The van der Waals surface area contributed by atoms with E-state index in [4.69, 9.17) is 53.8 Å². The Labute approximate surface area is 272 Å². The predicted molar refractivity (Wildman–Crippen MR) is 173 cm³/mol. The van der Waals surface area contributed by atoms with Gasteiger partial charge in [0.1, 0.15) is 18.5 Å². The molecular formula is C36H31Cl3O5. The summed E-state index contributed by atoms with van der Waals surface area (Å²) >= 11 is 18.1. The summed E-state index contributed by atoms with van der Waals surface area (Å²) in [6.45, 7) is 1.20. The number of Topliss-reactive ketones (excluding diaryl/α,β-unsaturated/α-hetero) is 1. The summed E-state index contributed by atoms with van der Waals surface area (Å²) in [4.78, 5) is 14.0. The van der Waals surface area contributed by atoms with Gasteiger partial charge in [-0.3, -0.25) is 4.79 Å². The lowest BCUT2D eigenvalue weighted by Gasteiger charge is -2.42. The van der Waals surface area contributed by atoms with E-state index in [1.54, 1.807) is 6.26 Å². The first-order chi connectivity index (χ1) is 21.4. The zero-order valence-corrected chi connectivity index (χ0v) is 26.1. The SMILES string of the molecule is O=C1C(c2ccc(OCc3ccc(Cl)cc3)cc2)=COC2CC(OCc3ccc(Cl)cc3)CC(OCc3ccc(Cl)cc3)C12. The van der Waals surface area contributed by atoms with Gasteiger partial charge in [-0.05, 0) is 70.8 Å². The number of allylic oxidation sites excluding steroid dienone is 1. The summed E-state index contributed by atoms with van der Waals surface area (Å²) in [6.07, 6.45) is 1.87. The van der Waals surface area contributed by atoms with Gasteiger partial charge in [0, 0.05) is 27.9 Å². The normalized spacial score (nSPS) is 21.2. The Hall–Kier alpha value is -3.32. The highest BCUT2D eigenvalue weighted by Crippen LogP contribution is 2.39. The van der Waals surface area contributed by atoms with Gasteiger partial charge >= 0.3 is 0 Å². The summed E-state index contributed by atoms with van der Waals surface area (Å²) in [7, 11) is 0. The van der Waals surface area contributed by atoms with Crippen LogP contribution in [0.1, 0.15) is 35.1 Å². The molecule has 1 fully saturated rings. The zero-order valence-electron chi connectivity index (χ0n) is 23.8. The van der Waals surface area contributed by atoms with E-state index < -0.39 is 12.0 Å². The molecule has 44 heavy (non-hydrogen) atoms. The highest BCUT2D eigenvalue weighted by molar-refractivity contribution is 6.31. The average molecular weight is 650 g/mol. The van der Waals surface area contributed by atoms with Gasteiger partial charge in [0.15, 0.2) is 5.78 Å². The van der Waals surface area contributed by atoms with Crippen LogP contribution >= 0.6 is 34.8 Å². The first-order valence-electron chi connectivity index (χ1n) is 14.5. The number of hydrogen-bond donors (Lipinski definition) is 0. The maximum atomic E-state index is 14.0. The topological polar surface area (TPSA) is 54.0 Å². The minimum atomic E-state index is -0.460. The van der Waals surface area contributed by atoms with Gasteiger partial charge in [-0.15, -0.1) is 0 Å². The van der Waals surface area contributed by atoms with E-state index in [0.717, 1.165) is 22.3 Å². The molecule has 4 aromatic carbocycles. The van der Waals surface area contributed by atoms with E-state index in [2.05, 4.69) is 0 Å². The van der Waals surface area contributed by atoms with Gasteiger partial charge < -0.3 is 18.9 Å². The second-order valence-corrected chi connectivity index (χ2v) is 12.4. The fourth-order valence-corrected chi connectivity index (χ4v) is 5.97. The van der Waals surface area contributed by atoms with Crippen molar-refractivity contribution >= 4 is 46.2 Å². The van der Waals surface area contributed by atoms with Crippen LogP contribution in [0.5, 0.6) is 5.75 Å². The van der Waals surface area contributed by atoms with Crippen molar-refractivity contribution in [2.45, 2.75) is 51.0 Å². The largest absolute Gasteiger partial charge is 0.496 e. The van der Waals surface area contributed by atoms with Crippen LogP contribution < -0.4 is 4.74 Å².